The smallest absolute Gasteiger partial charge is 0.399 e. The molecule has 0 fully saturated rings. The average Bonchev–Trinajstić information content (AvgIpc) is 2.92. The molecule has 0 atom stereocenters. The first kappa shape index (κ1) is 14.5. The van der Waals surface area contributed by atoms with Crippen LogP contribution in [0.1, 0.15) is 5.69 Å². The molecule has 4 aromatic rings. The van der Waals surface area contributed by atoms with Gasteiger partial charge >= 0.3 is 6.18 Å². The maximum atomic E-state index is 13.6. The Kier molecular flexibility index (Phi) is 2.99. The molecule has 24 heavy (non-hydrogen) atoms. The quantitative estimate of drug-likeness (QED) is 0.534. The molecular weight excluding hydrogens is 317 g/mol. The van der Waals surface area contributed by atoms with E-state index in [1.165, 1.54) is 0 Å². The number of hydrogen-bond donors (Lipinski definition) is 1. The number of para-hydroxylation sites is 2. The summed E-state index contributed by atoms with van der Waals surface area (Å²) in [5.74, 6) is 0.0119. The van der Waals surface area contributed by atoms with Crippen molar-refractivity contribution in [3.05, 3.63) is 60.3 Å². The summed E-state index contributed by atoms with van der Waals surface area (Å²) in [6, 6.07) is 14.2. The lowest BCUT2D eigenvalue weighted by molar-refractivity contribution is -0.141. The van der Waals surface area contributed by atoms with Gasteiger partial charge in [0.05, 0.1) is 16.7 Å². The zero-order chi connectivity index (χ0) is 16.9. The monoisotopic (exact) mass is 328 g/mol. The van der Waals surface area contributed by atoms with Crippen LogP contribution < -0.4 is 5.73 Å². The van der Waals surface area contributed by atoms with E-state index in [9.17, 15) is 13.2 Å². The molecule has 0 bridgehead atoms. The molecule has 2 heterocycles. The molecule has 0 aliphatic carbocycles. The van der Waals surface area contributed by atoms with Gasteiger partial charge in [0.25, 0.3) is 0 Å². The van der Waals surface area contributed by atoms with Gasteiger partial charge in [-0.25, -0.2) is 9.97 Å². The van der Waals surface area contributed by atoms with Crippen molar-refractivity contribution in [3.8, 4) is 11.3 Å². The van der Waals surface area contributed by atoms with Crippen molar-refractivity contribution in [1.82, 2.24) is 14.4 Å². The minimum absolute atomic E-state index is 0.0119. The molecule has 2 aromatic carbocycles. The number of fused-ring (bicyclic) bond motifs is 3. The number of alkyl halides is 3. The highest BCUT2D eigenvalue weighted by atomic mass is 19.4. The van der Waals surface area contributed by atoms with Crippen LogP contribution in [0.25, 0.3) is 28.1 Å². The normalized spacial score (nSPS) is 12.1. The van der Waals surface area contributed by atoms with Crippen LogP contribution in [0.5, 0.6) is 0 Å². The van der Waals surface area contributed by atoms with Crippen LogP contribution in [0.4, 0.5) is 18.9 Å². The third-order valence-electron chi connectivity index (χ3n) is 3.77. The van der Waals surface area contributed by atoms with Crippen LogP contribution in [0.2, 0.25) is 0 Å². The second-order valence-corrected chi connectivity index (χ2v) is 5.38. The predicted octanol–water partition coefficient (Wildman–Crippen LogP) is 4.15. The number of aromatic nitrogens is 3. The summed E-state index contributed by atoms with van der Waals surface area (Å²) in [7, 11) is 0. The molecule has 0 aliphatic heterocycles. The molecule has 7 heteroatoms. The molecule has 2 aromatic heterocycles. The van der Waals surface area contributed by atoms with Gasteiger partial charge in [-0.2, -0.15) is 13.2 Å². The first-order valence-electron chi connectivity index (χ1n) is 7.15. The minimum Gasteiger partial charge on any atom is -0.399 e. The van der Waals surface area contributed by atoms with Crippen LogP contribution in [0, 0.1) is 0 Å². The first-order chi connectivity index (χ1) is 11.4. The number of nitrogens with zero attached hydrogens (tertiary/aromatic N) is 3. The minimum atomic E-state index is -4.53. The third kappa shape index (κ3) is 2.25. The van der Waals surface area contributed by atoms with E-state index in [-0.39, 0.29) is 11.5 Å². The lowest BCUT2D eigenvalue weighted by Gasteiger charge is -2.12. The molecule has 0 spiro atoms. The van der Waals surface area contributed by atoms with Crippen LogP contribution in [-0.4, -0.2) is 14.4 Å². The number of nitrogen functional groups attached to an aromatic ring is 1. The Bertz CT molecular complexity index is 1050. The zero-order valence-corrected chi connectivity index (χ0v) is 12.2. The molecule has 0 unspecified atom stereocenters. The Hall–Kier alpha value is -3.09. The average molecular weight is 328 g/mol. The summed E-state index contributed by atoms with van der Waals surface area (Å²) < 4.78 is 41.8. The molecular formula is C17H11F3N4. The van der Waals surface area contributed by atoms with Crippen LogP contribution in [0.3, 0.4) is 0 Å². The molecule has 4 nitrogen and oxygen atoms in total. The van der Waals surface area contributed by atoms with Crippen LogP contribution in [0.15, 0.2) is 54.6 Å². The Balaban J connectivity index is 2.08. The van der Waals surface area contributed by atoms with E-state index in [1.807, 2.05) is 0 Å². The van der Waals surface area contributed by atoms with Gasteiger partial charge in [0, 0.05) is 11.3 Å². The molecule has 0 saturated carbocycles. The predicted molar refractivity (Wildman–Crippen MR) is 85.3 cm³/mol. The van der Waals surface area contributed by atoms with E-state index in [1.54, 1.807) is 48.5 Å². The van der Waals surface area contributed by atoms with E-state index in [0.717, 1.165) is 10.5 Å². The SMILES string of the molecule is Nc1ccc(-c2cc(C(F)(F)F)n3c(n2)nc2ccccc23)cc1. The summed E-state index contributed by atoms with van der Waals surface area (Å²) in [6.45, 7) is 0. The number of hydrogen-bond acceptors (Lipinski definition) is 3. The second-order valence-electron chi connectivity index (χ2n) is 5.38. The second kappa shape index (κ2) is 4.95. The molecule has 4 rings (SSSR count). The Morgan fingerprint density at radius 1 is 0.917 bits per heavy atom. The van der Waals surface area contributed by atoms with Gasteiger partial charge in [-0.05, 0) is 30.3 Å². The van der Waals surface area contributed by atoms with Gasteiger partial charge < -0.3 is 5.73 Å². The van der Waals surface area contributed by atoms with Gasteiger partial charge in [-0.1, -0.05) is 24.3 Å². The van der Waals surface area contributed by atoms with Crippen molar-refractivity contribution < 1.29 is 13.2 Å². The van der Waals surface area contributed by atoms with E-state index >= 15 is 0 Å². The van der Waals surface area contributed by atoms with Crippen molar-refractivity contribution in [3.63, 3.8) is 0 Å². The summed E-state index contributed by atoms with van der Waals surface area (Å²) in [5.41, 5.74) is 6.93. The van der Waals surface area contributed by atoms with E-state index in [4.69, 9.17) is 5.73 Å². The highest BCUT2D eigenvalue weighted by Crippen LogP contribution is 2.34. The van der Waals surface area contributed by atoms with Gasteiger partial charge in [0.1, 0.15) is 5.69 Å². The highest BCUT2D eigenvalue weighted by Gasteiger charge is 2.35. The number of nitrogens with two attached hydrogens (primary N) is 1. The topological polar surface area (TPSA) is 56.2 Å². The number of anilines is 1. The van der Waals surface area contributed by atoms with Gasteiger partial charge in [0.2, 0.25) is 5.78 Å². The number of rotatable bonds is 1. The molecule has 0 radical (unpaired) electrons. The summed E-state index contributed by atoms with van der Waals surface area (Å²) >= 11 is 0. The van der Waals surface area contributed by atoms with Gasteiger partial charge in [-0.3, -0.25) is 4.40 Å². The maximum absolute atomic E-state index is 13.6. The van der Waals surface area contributed by atoms with Crippen molar-refractivity contribution >= 4 is 22.5 Å². The van der Waals surface area contributed by atoms with E-state index in [0.29, 0.717) is 22.3 Å². The molecule has 0 aliphatic rings. The van der Waals surface area contributed by atoms with Crippen molar-refractivity contribution in [1.29, 1.82) is 0 Å². The third-order valence-corrected chi connectivity index (χ3v) is 3.77. The summed E-state index contributed by atoms with van der Waals surface area (Å²) in [5, 5.41) is 0. The molecule has 120 valence electrons. The van der Waals surface area contributed by atoms with E-state index < -0.39 is 11.9 Å². The van der Waals surface area contributed by atoms with Crippen molar-refractivity contribution in [2.24, 2.45) is 0 Å². The Morgan fingerprint density at radius 3 is 2.33 bits per heavy atom. The van der Waals surface area contributed by atoms with Crippen molar-refractivity contribution in [2.45, 2.75) is 6.18 Å². The first-order valence-corrected chi connectivity index (χ1v) is 7.15. The van der Waals surface area contributed by atoms with Crippen molar-refractivity contribution in [2.75, 3.05) is 5.73 Å². The summed E-state index contributed by atoms with van der Waals surface area (Å²) in [6.07, 6.45) is -4.53. The number of imidazole rings is 1. The highest BCUT2D eigenvalue weighted by molar-refractivity contribution is 5.80. The molecule has 0 amide bonds. The number of halogens is 3. The summed E-state index contributed by atoms with van der Waals surface area (Å²) in [4.78, 5) is 8.52. The Morgan fingerprint density at radius 2 is 1.62 bits per heavy atom. The van der Waals surface area contributed by atoms with E-state index in [2.05, 4.69) is 9.97 Å². The molecule has 2 N–H and O–H groups in total. The lowest BCUT2D eigenvalue weighted by Crippen LogP contribution is -2.13. The fraction of sp³-hybridized carbons (Fsp3) is 0.0588. The van der Waals surface area contributed by atoms with Crippen LogP contribution >= 0.6 is 0 Å². The maximum Gasteiger partial charge on any atom is 0.431 e. The largest absolute Gasteiger partial charge is 0.431 e. The number of benzene rings is 2. The lowest BCUT2D eigenvalue weighted by atomic mass is 10.1. The van der Waals surface area contributed by atoms with Gasteiger partial charge in [0.15, 0.2) is 0 Å². The fourth-order valence-electron chi connectivity index (χ4n) is 2.67. The van der Waals surface area contributed by atoms with Gasteiger partial charge in [-0.15, -0.1) is 0 Å². The molecule has 0 saturated heterocycles. The van der Waals surface area contributed by atoms with Crippen LogP contribution in [-0.2, 0) is 6.18 Å². The Labute approximate surface area is 134 Å². The fourth-order valence-corrected chi connectivity index (χ4v) is 2.67. The standard InChI is InChI=1S/C17H11F3N4/c18-17(19,20)15-9-13(10-5-7-11(21)8-6-10)23-16-22-12-3-1-2-4-14(12)24(15)16/h1-9H,21H2. The zero-order valence-electron chi connectivity index (χ0n) is 12.2.